The van der Waals surface area contributed by atoms with Gasteiger partial charge in [-0.3, -0.25) is 10.2 Å². The third-order valence-corrected chi connectivity index (χ3v) is 7.58. The fraction of sp³-hybridized carbons (Fsp3) is 0.174. The van der Waals surface area contributed by atoms with Crippen LogP contribution in [0.3, 0.4) is 0 Å². The van der Waals surface area contributed by atoms with E-state index in [0.717, 1.165) is 16.8 Å². The van der Waals surface area contributed by atoms with E-state index in [2.05, 4.69) is 9.39 Å². The maximum absolute atomic E-state index is 12.5. The van der Waals surface area contributed by atoms with E-state index in [1.165, 1.54) is 45.4 Å². The molecule has 0 spiro atoms. The molecule has 0 aliphatic carbocycles. The molecule has 186 valence electrons. The smallest absolute Gasteiger partial charge is 0.343 e. The molecule has 11 nitrogen and oxygen atoms in total. The first-order valence-electron chi connectivity index (χ1n) is 10.4. The fourth-order valence-corrected chi connectivity index (χ4v) is 5.22. The van der Waals surface area contributed by atoms with Crippen LogP contribution in [0.1, 0.15) is 22.8 Å². The van der Waals surface area contributed by atoms with Gasteiger partial charge in [-0.2, -0.15) is 9.39 Å². The van der Waals surface area contributed by atoms with Crippen LogP contribution in [0.15, 0.2) is 57.4 Å². The summed E-state index contributed by atoms with van der Waals surface area (Å²) >= 11 is 0.735. The number of rotatable bonds is 6. The molecule has 2 heterocycles. The number of sulfone groups is 1. The van der Waals surface area contributed by atoms with Crippen molar-refractivity contribution in [3.63, 3.8) is 0 Å². The Morgan fingerprint density at radius 3 is 2.44 bits per heavy atom. The Hall–Kier alpha value is -3.97. The van der Waals surface area contributed by atoms with Crippen LogP contribution in [0.4, 0.5) is 0 Å². The minimum atomic E-state index is -3.73. The van der Waals surface area contributed by atoms with Crippen LogP contribution in [0.25, 0.3) is 6.08 Å². The number of hydrogen-bond donors (Lipinski definition) is 1. The van der Waals surface area contributed by atoms with E-state index in [1.807, 2.05) is 0 Å². The number of nitrogens with one attached hydrogen (secondary N) is 1. The number of esters is 1. The summed E-state index contributed by atoms with van der Waals surface area (Å²) < 4.78 is 44.3. The van der Waals surface area contributed by atoms with Crippen molar-refractivity contribution in [3.05, 3.63) is 59.2 Å². The third-order valence-electron chi connectivity index (χ3n) is 5.17. The van der Waals surface area contributed by atoms with Gasteiger partial charge < -0.3 is 14.2 Å². The average molecular weight is 529 g/mol. The lowest BCUT2D eigenvalue weighted by Crippen LogP contribution is -2.45. The van der Waals surface area contributed by atoms with Crippen LogP contribution in [0.2, 0.25) is 0 Å². The van der Waals surface area contributed by atoms with Crippen LogP contribution >= 0.6 is 11.9 Å². The van der Waals surface area contributed by atoms with Crippen LogP contribution < -0.4 is 14.2 Å². The predicted octanol–water partition coefficient (Wildman–Crippen LogP) is 2.93. The summed E-state index contributed by atoms with van der Waals surface area (Å²) in [6.07, 6.45) is 1.41. The molecule has 13 heteroatoms. The highest BCUT2D eigenvalue weighted by molar-refractivity contribution is 8.16. The van der Waals surface area contributed by atoms with Gasteiger partial charge in [-0.15, -0.1) is 0 Å². The molecule has 0 aromatic heterocycles. The molecule has 1 amide bonds. The second-order valence-corrected chi connectivity index (χ2v) is 10.2. The zero-order valence-electron chi connectivity index (χ0n) is 19.3. The Bertz CT molecular complexity index is 1460. The molecule has 2 aromatic rings. The van der Waals surface area contributed by atoms with Crippen LogP contribution in [0.5, 0.6) is 17.2 Å². The van der Waals surface area contributed by atoms with Crippen molar-refractivity contribution in [2.75, 3.05) is 20.0 Å². The number of amides is 1. The quantitative estimate of drug-likeness (QED) is 0.259. The monoisotopic (exact) mass is 528 g/mol. The van der Waals surface area contributed by atoms with E-state index in [4.69, 9.17) is 19.6 Å². The Morgan fingerprint density at radius 2 is 1.81 bits per heavy atom. The van der Waals surface area contributed by atoms with Crippen LogP contribution in [0, 0.1) is 5.41 Å². The van der Waals surface area contributed by atoms with E-state index in [-0.39, 0.29) is 38.8 Å². The number of fused-ring (bicyclic) bond motifs is 1. The number of ether oxygens (including phenoxy) is 3. The van der Waals surface area contributed by atoms with Gasteiger partial charge in [0, 0.05) is 0 Å². The van der Waals surface area contributed by atoms with Crippen LogP contribution in [-0.2, 0) is 14.6 Å². The number of carbonyl (C=O) groups is 2. The predicted molar refractivity (Wildman–Crippen MR) is 135 cm³/mol. The Kier molecular flexibility index (Phi) is 6.95. The van der Waals surface area contributed by atoms with Crippen molar-refractivity contribution >= 4 is 55.9 Å². The molecule has 1 N–H and O–H groups in total. The van der Waals surface area contributed by atoms with Gasteiger partial charge in [0.1, 0.15) is 11.6 Å². The largest absolute Gasteiger partial charge is 0.493 e. The highest BCUT2D eigenvalue weighted by Gasteiger charge is 2.42. The number of benzene rings is 2. The van der Waals surface area contributed by atoms with Crippen molar-refractivity contribution in [3.8, 4) is 17.2 Å². The highest BCUT2D eigenvalue weighted by Crippen LogP contribution is 2.31. The molecule has 4 rings (SSSR count). The number of amidine groups is 3. The van der Waals surface area contributed by atoms with E-state index < -0.39 is 21.7 Å². The lowest BCUT2D eigenvalue weighted by Gasteiger charge is -2.24. The Morgan fingerprint density at radius 1 is 1.11 bits per heavy atom. The maximum atomic E-state index is 12.5. The number of nitrogens with zero attached hydrogens (tertiary/aromatic N) is 3. The standard InChI is InChI=1S/C23H20N4O7S2/c1-4-36(30,31)23-26-35-22-25-20(28)16(19(24)27(22)23)11-13-5-8-15(9-6-13)34-21(29)14-7-10-17(32-2)18(12-14)33-3/h5-12,24H,4H2,1-3H3. The molecular weight excluding hydrogens is 508 g/mol. The SMILES string of the molecule is CCS(=O)(=O)C1=NSC2=NC(=O)C(=Cc3ccc(OC(=O)c4ccc(OC)c(OC)c4)cc3)C(=N)N21. The molecule has 0 unspecified atom stereocenters. The average Bonchev–Trinajstić information content (AvgIpc) is 3.31. The van der Waals surface area contributed by atoms with E-state index >= 15 is 0 Å². The second-order valence-electron chi connectivity index (χ2n) is 7.34. The minimum absolute atomic E-state index is 0.0200. The molecule has 2 aromatic carbocycles. The molecule has 0 radical (unpaired) electrons. The summed E-state index contributed by atoms with van der Waals surface area (Å²) in [6.45, 7) is 1.46. The summed E-state index contributed by atoms with van der Waals surface area (Å²) in [4.78, 5) is 30.0. The molecule has 0 saturated carbocycles. The van der Waals surface area contributed by atoms with E-state index in [1.54, 1.807) is 24.3 Å². The Labute approximate surface area is 211 Å². The number of hydrogen-bond acceptors (Lipinski definition) is 10. The number of aliphatic imine (C=N–C) groups is 1. The summed E-state index contributed by atoms with van der Waals surface area (Å²) in [5, 5.41) is 8.14. The fourth-order valence-electron chi connectivity index (χ4n) is 3.26. The highest BCUT2D eigenvalue weighted by atomic mass is 32.2. The number of carbonyl (C=O) groups excluding carboxylic acids is 2. The zero-order valence-corrected chi connectivity index (χ0v) is 21.0. The van der Waals surface area contributed by atoms with Gasteiger partial charge in [0.15, 0.2) is 11.5 Å². The minimum Gasteiger partial charge on any atom is -0.493 e. The lowest BCUT2D eigenvalue weighted by atomic mass is 10.1. The molecule has 2 aliphatic heterocycles. The van der Waals surface area contributed by atoms with Gasteiger partial charge in [-0.05, 0) is 42.0 Å². The van der Waals surface area contributed by atoms with Gasteiger partial charge in [-0.25, -0.2) is 18.1 Å². The van der Waals surface area contributed by atoms with Gasteiger partial charge in [-0.1, -0.05) is 19.1 Å². The Balaban J connectivity index is 1.53. The van der Waals surface area contributed by atoms with Gasteiger partial charge >= 0.3 is 5.97 Å². The van der Waals surface area contributed by atoms with E-state index in [0.29, 0.717) is 17.1 Å². The molecule has 36 heavy (non-hydrogen) atoms. The van der Waals surface area contributed by atoms with Crippen molar-refractivity contribution in [2.45, 2.75) is 6.92 Å². The lowest BCUT2D eigenvalue weighted by molar-refractivity contribution is -0.114. The summed E-state index contributed by atoms with van der Waals surface area (Å²) in [5.41, 5.74) is 0.670. The maximum Gasteiger partial charge on any atom is 0.343 e. The van der Waals surface area contributed by atoms with Crippen molar-refractivity contribution in [1.82, 2.24) is 4.90 Å². The zero-order chi connectivity index (χ0) is 26.0. The second kappa shape index (κ2) is 9.95. The molecule has 0 bridgehead atoms. The molecule has 0 fully saturated rings. The first-order valence-corrected chi connectivity index (χ1v) is 12.9. The molecular formula is C23H20N4O7S2. The molecule has 2 aliphatic rings. The van der Waals surface area contributed by atoms with Crippen LogP contribution in [-0.4, -0.2) is 61.3 Å². The van der Waals surface area contributed by atoms with Crippen molar-refractivity contribution in [2.24, 2.45) is 9.39 Å². The molecule has 0 atom stereocenters. The summed E-state index contributed by atoms with van der Waals surface area (Å²) in [5.74, 6) is -0.729. The first-order chi connectivity index (χ1) is 17.2. The van der Waals surface area contributed by atoms with Gasteiger partial charge in [0.25, 0.3) is 5.91 Å². The first kappa shape index (κ1) is 25.1. The summed E-state index contributed by atoms with van der Waals surface area (Å²) in [7, 11) is -0.782. The topological polar surface area (TPSA) is 148 Å². The van der Waals surface area contributed by atoms with E-state index in [9.17, 15) is 18.0 Å². The van der Waals surface area contributed by atoms with Crippen molar-refractivity contribution in [1.29, 1.82) is 5.41 Å². The van der Waals surface area contributed by atoms with Gasteiger partial charge in [0.05, 0.1) is 43.1 Å². The number of methoxy groups -OCH3 is 2. The van der Waals surface area contributed by atoms with Crippen molar-refractivity contribution < 1.29 is 32.2 Å². The third kappa shape index (κ3) is 4.75. The van der Waals surface area contributed by atoms with Gasteiger partial charge in [0.2, 0.25) is 20.2 Å². The molecule has 0 saturated heterocycles. The normalized spacial score (nSPS) is 16.4. The summed E-state index contributed by atoms with van der Waals surface area (Å²) in [6, 6.07) is 10.9.